The van der Waals surface area contributed by atoms with E-state index in [0.717, 1.165) is 22.5 Å². The minimum Gasteiger partial charge on any atom is -0.355 e. The Morgan fingerprint density at radius 2 is 0.800 bits per heavy atom. The molecule has 0 radical (unpaired) electrons. The van der Waals surface area contributed by atoms with Crippen molar-refractivity contribution in [3.8, 4) is 0 Å². The summed E-state index contributed by atoms with van der Waals surface area (Å²) in [5.74, 6) is 2.72. The largest absolute Gasteiger partial charge is 2.00 e. The normalized spacial score (nSPS) is 9.44. The number of rotatable bonds is 6. The monoisotopic (exact) mass is 454 g/mol. The van der Waals surface area contributed by atoms with Crippen LogP contribution in [0, 0.1) is 13.8 Å². The van der Waals surface area contributed by atoms with Crippen molar-refractivity contribution < 1.29 is 16.5 Å². The van der Waals surface area contributed by atoms with Crippen molar-refractivity contribution in [2.75, 3.05) is 33.3 Å². The van der Waals surface area contributed by atoms with Crippen LogP contribution >= 0.6 is 50.5 Å². The molecule has 0 fully saturated rings. The fraction of sp³-hybridized carbons (Fsp3) is 0.222. The molecule has 0 bridgehead atoms. The van der Waals surface area contributed by atoms with Gasteiger partial charge >= 0.3 is 16.5 Å². The van der Waals surface area contributed by atoms with Crippen molar-refractivity contribution >= 4 is 61.9 Å². The van der Waals surface area contributed by atoms with Gasteiger partial charge in [0, 0.05) is 11.4 Å². The summed E-state index contributed by atoms with van der Waals surface area (Å²) in [5.41, 5.74) is 4.31. The first kappa shape index (κ1) is 24.7. The van der Waals surface area contributed by atoms with Crippen molar-refractivity contribution in [2.45, 2.75) is 0 Å². The fourth-order valence-electron chi connectivity index (χ4n) is 1.83. The molecule has 0 amide bonds. The third-order valence-electron chi connectivity index (χ3n) is 3.29. The molecule has 2 nitrogen and oxygen atoms in total. The molecule has 0 aromatic heterocycles. The van der Waals surface area contributed by atoms with Crippen LogP contribution in [0.25, 0.3) is 0 Å². The Morgan fingerprint density at radius 1 is 0.560 bits per heavy atom. The molecule has 2 aromatic rings. The topological polar surface area (TPSA) is 6.48 Å². The molecule has 7 heteroatoms. The number of nitrogens with zero attached hydrogens (tertiary/aromatic N) is 2. The van der Waals surface area contributed by atoms with Gasteiger partial charge in [-0.05, 0) is 0 Å². The standard InChI is InChI=1S/2C9H12NS2.Ni/c2*1-8-2-4-9(5-3-8)10(6-11)7-12;/h2*2-5,11-12H,1,6-7H2;/q2*-1;+2. The van der Waals surface area contributed by atoms with Gasteiger partial charge in [0.25, 0.3) is 0 Å². The Hall–Kier alpha value is -0.326. The summed E-state index contributed by atoms with van der Waals surface area (Å²) in [6.45, 7) is 7.63. The number of anilines is 2. The van der Waals surface area contributed by atoms with Crippen LogP contribution in [0.5, 0.6) is 0 Å². The zero-order chi connectivity index (χ0) is 17.9. The van der Waals surface area contributed by atoms with Crippen molar-refractivity contribution in [3.63, 3.8) is 0 Å². The minimum atomic E-state index is 0. The molecule has 0 aliphatic heterocycles. The quantitative estimate of drug-likeness (QED) is 0.213. The Balaban J connectivity index is 0.000000443. The van der Waals surface area contributed by atoms with Crippen LogP contribution in [0.3, 0.4) is 0 Å². The zero-order valence-electron chi connectivity index (χ0n) is 13.9. The second kappa shape index (κ2) is 13.8. The van der Waals surface area contributed by atoms with Gasteiger partial charge in [-0.2, -0.15) is 99.8 Å². The first-order chi connectivity index (χ1) is 11.5. The molecular weight excluding hydrogens is 431 g/mol. The van der Waals surface area contributed by atoms with Crippen LogP contribution in [0.2, 0.25) is 0 Å². The molecule has 140 valence electrons. The average molecular weight is 455 g/mol. The number of benzene rings is 2. The molecule has 25 heavy (non-hydrogen) atoms. The molecule has 0 spiro atoms. The van der Waals surface area contributed by atoms with E-state index < -0.39 is 0 Å². The summed E-state index contributed by atoms with van der Waals surface area (Å²) in [6.07, 6.45) is 0. The molecule has 2 rings (SSSR count). The number of hydrogen-bond acceptors (Lipinski definition) is 6. The van der Waals surface area contributed by atoms with E-state index in [1.165, 1.54) is 0 Å². The average Bonchev–Trinajstić information content (AvgIpc) is 2.61. The van der Waals surface area contributed by atoms with E-state index in [2.05, 4.69) is 64.4 Å². The summed E-state index contributed by atoms with van der Waals surface area (Å²) in [4.78, 5) is 4.09. The molecule has 0 unspecified atom stereocenters. The van der Waals surface area contributed by atoms with E-state index in [1.807, 2.05) is 58.3 Å². The fourth-order valence-corrected chi connectivity index (χ4v) is 3.20. The molecule has 0 saturated carbocycles. The van der Waals surface area contributed by atoms with Crippen LogP contribution in [0.15, 0.2) is 48.5 Å². The maximum absolute atomic E-state index is 4.19. The van der Waals surface area contributed by atoms with Gasteiger partial charge in [-0.3, -0.25) is 0 Å². The van der Waals surface area contributed by atoms with Gasteiger partial charge in [-0.15, -0.1) is 0 Å². The molecule has 0 heterocycles. The maximum Gasteiger partial charge on any atom is 2.00 e. The first-order valence-electron chi connectivity index (χ1n) is 7.33. The van der Waals surface area contributed by atoms with Crippen molar-refractivity contribution in [1.29, 1.82) is 0 Å². The summed E-state index contributed by atoms with van der Waals surface area (Å²) < 4.78 is 0. The molecule has 2 aromatic carbocycles. The number of hydrogen-bond donors (Lipinski definition) is 4. The second-order valence-corrected chi connectivity index (χ2v) is 6.11. The predicted octanol–water partition coefficient (Wildman–Crippen LogP) is 4.90. The summed E-state index contributed by atoms with van der Waals surface area (Å²) in [7, 11) is 0. The smallest absolute Gasteiger partial charge is 0.355 e. The van der Waals surface area contributed by atoms with Gasteiger partial charge in [0.2, 0.25) is 0 Å². The van der Waals surface area contributed by atoms with E-state index in [0.29, 0.717) is 23.5 Å². The van der Waals surface area contributed by atoms with E-state index >= 15 is 0 Å². The van der Waals surface area contributed by atoms with Crippen LogP contribution in [-0.4, -0.2) is 23.5 Å². The number of thiol groups is 4. The molecule has 0 aliphatic carbocycles. The van der Waals surface area contributed by atoms with Crippen LogP contribution in [-0.2, 0) is 16.5 Å². The summed E-state index contributed by atoms with van der Waals surface area (Å²) >= 11 is 16.8. The summed E-state index contributed by atoms with van der Waals surface area (Å²) in [6, 6.07) is 16.0. The molecular formula is C18H24N2NiS4. The third kappa shape index (κ3) is 8.74. The predicted molar refractivity (Wildman–Crippen MR) is 122 cm³/mol. The second-order valence-electron chi connectivity index (χ2n) is 4.98. The van der Waals surface area contributed by atoms with Gasteiger partial charge in [0.05, 0.1) is 23.5 Å². The van der Waals surface area contributed by atoms with E-state index in [4.69, 9.17) is 0 Å². The minimum absolute atomic E-state index is 0. The van der Waals surface area contributed by atoms with Crippen LogP contribution in [0.4, 0.5) is 11.4 Å². The SMILES string of the molecule is [CH2-]c1ccc(N(CS)CS)cc1.[CH2-]c1ccc(N(CS)CS)cc1.[Ni+2]. The molecule has 0 atom stereocenters. The maximum atomic E-state index is 4.19. The third-order valence-corrected chi connectivity index (χ3v) is 4.65. The van der Waals surface area contributed by atoms with Crippen molar-refractivity contribution in [1.82, 2.24) is 0 Å². The van der Waals surface area contributed by atoms with E-state index in [1.54, 1.807) is 0 Å². The summed E-state index contributed by atoms with van der Waals surface area (Å²) in [5, 5.41) is 0. The van der Waals surface area contributed by atoms with Gasteiger partial charge in [0.15, 0.2) is 0 Å². The van der Waals surface area contributed by atoms with Gasteiger partial charge in [0.1, 0.15) is 0 Å². The van der Waals surface area contributed by atoms with Gasteiger partial charge in [-0.1, -0.05) is 24.3 Å². The Morgan fingerprint density at radius 3 is 1.00 bits per heavy atom. The molecule has 0 N–H and O–H groups in total. The van der Waals surface area contributed by atoms with Gasteiger partial charge < -0.3 is 9.80 Å². The van der Waals surface area contributed by atoms with Gasteiger partial charge in [-0.25, -0.2) is 0 Å². The Labute approximate surface area is 184 Å². The van der Waals surface area contributed by atoms with Crippen LogP contribution in [0.1, 0.15) is 11.1 Å². The molecule has 0 aliphatic rings. The first-order valence-corrected chi connectivity index (χ1v) is 9.86. The zero-order valence-corrected chi connectivity index (χ0v) is 18.4. The van der Waals surface area contributed by atoms with Crippen molar-refractivity contribution in [2.24, 2.45) is 0 Å². The molecule has 0 saturated heterocycles. The van der Waals surface area contributed by atoms with Crippen molar-refractivity contribution in [3.05, 3.63) is 73.5 Å². The Kier molecular flexibility index (Phi) is 13.6. The van der Waals surface area contributed by atoms with E-state index in [-0.39, 0.29) is 16.5 Å². The van der Waals surface area contributed by atoms with Crippen LogP contribution < -0.4 is 9.80 Å². The van der Waals surface area contributed by atoms with E-state index in [9.17, 15) is 0 Å². The Bertz CT molecular complexity index is 517.